The van der Waals surface area contributed by atoms with Gasteiger partial charge in [0, 0.05) is 0 Å². The first-order valence-corrected chi connectivity index (χ1v) is 4.82. The van der Waals surface area contributed by atoms with Crippen LogP contribution in [0.5, 0.6) is 0 Å². The van der Waals surface area contributed by atoms with E-state index in [-0.39, 0.29) is 0 Å². The SMILES string of the molecule is C=C/C=C\C=C/Cc1ccc(C)cc1. The zero-order valence-corrected chi connectivity index (χ0v) is 8.61. The lowest BCUT2D eigenvalue weighted by molar-refractivity contribution is 1.26. The first-order valence-electron chi connectivity index (χ1n) is 4.82. The van der Waals surface area contributed by atoms with E-state index in [9.17, 15) is 0 Å². The molecule has 0 spiro atoms. The van der Waals surface area contributed by atoms with Gasteiger partial charge in [-0.15, -0.1) is 0 Å². The fraction of sp³-hybridized carbons (Fsp3) is 0.143. The first-order chi connectivity index (χ1) is 6.83. The van der Waals surface area contributed by atoms with E-state index in [4.69, 9.17) is 0 Å². The van der Waals surface area contributed by atoms with Crippen molar-refractivity contribution in [1.82, 2.24) is 0 Å². The molecular weight excluding hydrogens is 168 g/mol. The van der Waals surface area contributed by atoms with Gasteiger partial charge in [0.25, 0.3) is 0 Å². The third kappa shape index (κ3) is 3.90. The highest BCUT2D eigenvalue weighted by Crippen LogP contribution is 2.04. The van der Waals surface area contributed by atoms with Gasteiger partial charge >= 0.3 is 0 Å². The normalized spacial score (nSPS) is 11.2. The van der Waals surface area contributed by atoms with Crippen LogP contribution in [0.4, 0.5) is 0 Å². The Balaban J connectivity index is 2.45. The first kappa shape index (κ1) is 10.5. The van der Waals surface area contributed by atoms with Gasteiger partial charge in [-0.25, -0.2) is 0 Å². The van der Waals surface area contributed by atoms with Crippen LogP contribution in [0, 0.1) is 6.92 Å². The number of rotatable bonds is 4. The molecule has 0 bridgehead atoms. The summed E-state index contributed by atoms with van der Waals surface area (Å²) in [6.07, 6.45) is 10.9. The van der Waals surface area contributed by atoms with Crippen molar-refractivity contribution in [2.75, 3.05) is 0 Å². The molecule has 0 nitrogen and oxygen atoms in total. The van der Waals surface area contributed by atoms with Crippen molar-refractivity contribution < 1.29 is 0 Å². The molecule has 0 aliphatic carbocycles. The van der Waals surface area contributed by atoms with Crippen molar-refractivity contribution in [2.45, 2.75) is 13.3 Å². The van der Waals surface area contributed by atoms with Crippen molar-refractivity contribution in [2.24, 2.45) is 0 Å². The Morgan fingerprint density at radius 1 is 1.07 bits per heavy atom. The largest absolute Gasteiger partial charge is 0.0991 e. The highest BCUT2D eigenvalue weighted by atomic mass is 13.9. The van der Waals surface area contributed by atoms with Crippen LogP contribution in [-0.4, -0.2) is 0 Å². The molecule has 0 radical (unpaired) electrons. The second-order valence-corrected chi connectivity index (χ2v) is 3.24. The number of hydrogen-bond acceptors (Lipinski definition) is 0. The average Bonchev–Trinajstić information content (AvgIpc) is 2.21. The Kier molecular flexibility index (Phi) is 4.49. The van der Waals surface area contributed by atoms with Crippen molar-refractivity contribution in [3.8, 4) is 0 Å². The standard InChI is InChI=1S/C14H16/c1-3-4-5-6-7-8-14-11-9-13(2)10-12-14/h3-7,9-12H,1,8H2,2H3/b5-4-,7-6-. The molecule has 0 N–H and O–H groups in total. The molecule has 0 aliphatic rings. The molecule has 0 amide bonds. The van der Waals surface area contributed by atoms with E-state index >= 15 is 0 Å². The van der Waals surface area contributed by atoms with Crippen LogP contribution in [-0.2, 0) is 6.42 Å². The quantitative estimate of drug-likeness (QED) is 0.624. The minimum atomic E-state index is 0.988. The topological polar surface area (TPSA) is 0 Å². The van der Waals surface area contributed by atoms with Crippen molar-refractivity contribution in [3.63, 3.8) is 0 Å². The van der Waals surface area contributed by atoms with Gasteiger partial charge in [-0.05, 0) is 18.9 Å². The summed E-state index contributed by atoms with van der Waals surface area (Å²) in [5, 5.41) is 0. The smallest absolute Gasteiger partial charge is 0.00943 e. The predicted molar refractivity (Wildman–Crippen MR) is 63.4 cm³/mol. The van der Waals surface area contributed by atoms with Crippen LogP contribution in [0.25, 0.3) is 0 Å². The van der Waals surface area contributed by atoms with Gasteiger partial charge in [-0.1, -0.05) is 66.8 Å². The van der Waals surface area contributed by atoms with Crippen LogP contribution in [0.1, 0.15) is 11.1 Å². The van der Waals surface area contributed by atoms with E-state index < -0.39 is 0 Å². The van der Waals surface area contributed by atoms with Crippen LogP contribution in [0.2, 0.25) is 0 Å². The summed E-state index contributed by atoms with van der Waals surface area (Å²) in [5.74, 6) is 0. The zero-order chi connectivity index (χ0) is 10.2. The Bertz CT molecular complexity index is 326. The van der Waals surface area contributed by atoms with E-state index in [0.717, 1.165) is 6.42 Å². The molecular formula is C14H16. The Labute approximate surface area is 86.3 Å². The molecule has 0 saturated heterocycles. The molecule has 0 heteroatoms. The lowest BCUT2D eigenvalue weighted by atomic mass is 10.1. The number of benzene rings is 1. The molecule has 0 saturated carbocycles. The molecule has 0 fully saturated rings. The van der Waals surface area contributed by atoms with E-state index in [1.54, 1.807) is 6.08 Å². The van der Waals surface area contributed by atoms with Crippen molar-refractivity contribution in [1.29, 1.82) is 0 Å². The summed E-state index contributed by atoms with van der Waals surface area (Å²) in [6.45, 7) is 5.71. The highest BCUT2D eigenvalue weighted by Gasteiger charge is 1.87. The Morgan fingerprint density at radius 2 is 1.79 bits per heavy atom. The monoisotopic (exact) mass is 184 g/mol. The second kappa shape index (κ2) is 5.98. The molecule has 72 valence electrons. The van der Waals surface area contributed by atoms with Crippen molar-refractivity contribution >= 4 is 0 Å². The maximum atomic E-state index is 3.61. The summed E-state index contributed by atoms with van der Waals surface area (Å²) in [5.41, 5.74) is 2.66. The third-order valence-electron chi connectivity index (χ3n) is 1.97. The summed E-state index contributed by atoms with van der Waals surface area (Å²) in [7, 11) is 0. The van der Waals surface area contributed by atoms with E-state index in [1.165, 1.54) is 11.1 Å². The fourth-order valence-electron chi connectivity index (χ4n) is 1.15. The Morgan fingerprint density at radius 3 is 2.43 bits per heavy atom. The lowest BCUT2D eigenvalue weighted by Crippen LogP contribution is -1.80. The minimum absolute atomic E-state index is 0.988. The van der Waals surface area contributed by atoms with Gasteiger partial charge in [-0.3, -0.25) is 0 Å². The molecule has 1 aromatic carbocycles. The van der Waals surface area contributed by atoms with Crippen LogP contribution < -0.4 is 0 Å². The van der Waals surface area contributed by atoms with Gasteiger partial charge < -0.3 is 0 Å². The summed E-state index contributed by atoms with van der Waals surface area (Å²) in [4.78, 5) is 0. The maximum Gasteiger partial charge on any atom is -0.00943 e. The summed E-state index contributed by atoms with van der Waals surface area (Å²) in [6, 6.07) is 8.61. The third-order valence-corrected chi connectivity index (χ3v) is 1.97. The highest BCUT2D eigenvalue weighted by molar-refractivity contribution is 5.23. The minimum Gasteiger partial charge on any atom is -0.0991 e. The predicted octanol–water partition coefficient (Wildman–Crippen LogP) is 3.84. The van der Waals surface area contributed by atoms with Crippen LogP contribution in [0.15, 0.2) is 61.2 Å². The molecule has 1 rings (SSSR count). The molecule has 0 aromatic heterocycles. The van der Waals surface area contributed by atoms with E-state index in [2.05, 4.69) is 43.8 Å². The fourth-order valence-corrected chi connectivity index (χ4v) is 1.15. The van der Waals surface area contributed by atoms with Gasteiger partial charge in [0.15, 0.2) is 0 Å². The average molecular weight is 184 g/mol. The van der Waals surface area contributed by atoms with Crippen molar-refractivity contribution in [3.05, 3.63) is 72.4 Å². The molecule has 14 heavy (non-hydrogen) atoms. The number of hydrogen-bond donors (Lipinski definition) is 0. The molecule has 0 atom stereocenters. The van der Waals surface area contributed by atoms with E-state index in [1.807, 2.05) is 18.2 Å². The van der Waals surface area contributed by atoms with Gasteiger partial charge in [0.05, 0.1) is 0 Å². The van der Waals surface area contributed by atoms with Crippen LogP contribution >= 0.6 is 0 Å². The van der Waals surface area contributed by atoms with Crippen LogP contribution in [0.3, 0.4) is 0 Å². The summed E-state index contributed by atoms with van der Waals surface area (Å²) < 4.78 is 0. The zero-order valence-electron chi connectivity index (χ0n) is 8.61. The second-order valence-electron chi connectivity index (χ2n) is 3.24. The van der Waals surface area contributed by atoms with Gasteiger partial charge in [0.2, 0.25) is 0 Å². The van der Waals surface area contributed by atoms with Gasteiger partial charge in [-0.2, -0.15) is 0 Å². The van der Waals surface area contributed by atoms with Gasteiger partial charge in [0.1, 0.15) is 0 Å². The van der Waals surface area contributed by atoms with E-state index in [0.29, 0.717) is 0 Å². The molecule has 0 aliphatic heterocycles. The summed E-state index contributed by atoms with van der Waals surface area (Å²) >= 11 is 0. The molecule has 0 heterocycles. The number of allylic oxidation sites excluding steroid dienone is 5. The lowest BCUT2D eigenvalue weighted by Gasteiger charge is -1.96. The molecule has 1 aromatic rings. The molecule has 0 unspecified atom stereocenters. The Hall–Kier alpha value is -1.56. The maximum absolute atomic E-state index is 3.61. The number of aryl methyl sites for hydroxylation is 1.